The molecule has 1 nitrogen and oxygen atoms in total. The average molecular weight is 148 g/mol. The van der Waals surface area contributed by atoms with Crippen molar-refractivity contribution in [2.75, 3.05) is 0 Å². The largest absolute Gasteiger partial charge is 0.388 e. The Bertz CT molecular complexity index is 240. The molecule has 0 saturated carbocycles. The van der Waals surface area contributed by atoms with Crippen LogP contribution in [-0.4, -0.2) is 5.11 Å². The van der Waals surface area contributed by atoms with Crippen LogP contribution in [-0.2, 0) is 0 Å². The summed E-state index contributed by atoms with van der Waals surface area (Å²) >= 11 is 0. The number of aliphatic hydroxyl groups is 1. The van der Waals surface area contributed by atoms with Crippen LogP contribution in [0.25, 0.3) is 0 Å². The van der Waals surface area contributed by atoms with Gasteiger partial charge in [-0.2, -0.15) is 0 Å². The van der Waals surface area contributed by atoms with Gasteiger partial charge in [-0.3, -0.25) is 0 Å². The first-order chi connectivity index (χ1) is 5.29. The van der Waals surface area contributed by atoms with Crippen molar-refractivity contribution in [3.05, 3.63) is 35.4 Å². The first kappa shape index (κ1) is 6.86. The van der Waals surface area contributed by atoms with Crippen LogP contribution in [0.3, 0.4) is 0 Å². The highest BCUT2D eigenvalue weighted by Crippen LogP contribution is 2.39. The van der Waals surface area contributed by atoms with E-state index in [1.807, 2.05) is 18.2 Å². The van der Waals surface area contributed by atoms with E-state index in [1.54, 1.807) is 0 Å². The van der Waals surface area contributed by atoms with Gasteiger partial charge in [0, 0.05) is 0 Å². The van der Waals surface area contributed by atoms with E-state index >= 15 is 0 Å². The molecule has 0 spiro atoms. The summed E-state index contributed by atoms with van der Waals surface area (Å²) in [7, 11) is 0. The maximum absolute atomic E-state index is 9.55. The van der Waals surface area contributed by atoms with Crippen molar-refractivity contribution in [2.45, 2.75) is 25.4 Å². The minimum atomic E-state index is -0.221. The van der Waals surface area contributed by atoms with Gasteiger partial charge < -0.3 is 5.11 Å². The molecule has 0 heterocycles. The zero-order valence-corrected chi connectivity index (χ0v) is 6.62. The lowest BCUT2D eigenvalue weighted by Crippen LogP contribution is -1.88. The Kier molecular flexibility index (Phi) is 1.46. The van der Waals surface area contributed by atoms with Crippen LogP contribution < -0.4 is 0 Å². The summed E-state index contributed by atoms with van der Waals surface area (Å²) in [6, 6.07) is 8.15. The Morgan fingerprint density at radius 1 is 1.27 bits per heavy atom. The second kappa shape index (κ2) is 2.35. The highest BCUT2D eigenvalue weighted by Gasteiger charge is 2.25. The average Bonchev–Trinajstić information content (AvgIpc) is 2.30. The van der Waals surface area contributed by atoms with E-state index in [-0.39, 0.29) is 6.10 Å². The molecular formula is C10H12O. The van der Waals surface area contributed by atoms with Gasteiger partial charge in [0.15, 0.2) is 0 Å². The number of aliphatic hydroxyl groups excluding tert-OH is 1. The second-order valence-corrected chi connectivity index (χ2v) is 3.28. The van der Waals surface area contributed by atoms with Crippen molar-refractivity contribution in [3.8, 4) is 0 Å². The fourth-order valence-electron chi connectivity index (χ4n) is 1.85. The highest BCUT2D eigenvalue weighted by molar-refractivity contribution is 5.36. The molecule has 0 radical (unpaired) electrons. The van der Waals surface area contributed by atoms with Gasteiger partial charge in [-0.05, 0) is 23.5 Å². The van der Waals surface area contributed by atoms with Crippen molar-refractivity contribution in [1.82, 2.24) is 0 Å². The van der Waals surface area contributed by atoms with E-state index in [0.717, 1.165) is 12.0 Å². The fraction of sp³-hybridized carbons (Fsp3) is 0.400. The van der Waals surface area contributed by atoms with Crippen molar-refractivity contribution < 1.29 is 5.11 Å². The molecule has 0 aliphatic heterocycles. The molecule has 0 amide bonds. The van der Waals surface area contributed by atoms with E-state index in [0.29, 0.717) is 5.92 Å². The normalized spacial score (nSPS) is 28.5. The minimum Gasteiger partial charge on any atom is -0.388 e. The minimum absolute atomic E-state index is 0.221. The second-order valence-electron chi connectivity index (χ2n) is 3.28. The topological polar surface area (TPSA) is 20.2 Å². The van der Waals surface area contributed by atoms with Crippen molar-refractivity contribution in [1.29, 1.82) is 0 Å². The zero-order chi connectivity index (χ0) is 7.84. The molecule has 0 aromatic heterocycles. The molecule has 0 fully saturated rings. The quantitative estimate of drug-likeness (QED) is 0.598. The monoisotopic (exact) mass is 148 g/mol. The highest BCUT2D eigenvalue weighted by atomic mass is 16.3. The lowest BCUT2D eigenvalue weighted by molar-refractivity contribution is 0.174. The third-order valence-electron chi connectivity index (χ3n) is 2.46. The Morgan fingerprint density at radius 2 is 1.91 bits per heavy atom. The predicted molar refractivity (Wildman–Crippen MR) is 44.4 cm³/mol. The third kappa shape index (κ3) is 0.962. The first-order valence-corrected chi connectivity index (χ1v) is 4.06. The van der Waals surface area contributed by atoms with Gasteiger partial charge in [-0.1, -0.05) is 31.2 Å². The smallest absolute Gasteiger partial charge is 0.0798 e. The van der Waals surface area contributed by atoms with Crippen molar-refractivity contribution in [2.24, 2.45) is 0 Å². The van der Waals surface area contributed by atoms with Crippen LogP contribution in [0.4, 0.5) is 0 Å². The Labute approximate surface area is 66.7 Å². The van der Waals surface area contributed by atoms with Gasteiger partial charge in [-0.25, -0.2) is 0 Å². The molecule has 0 bridgehead atoms. The number of rotatable bonds is 0. The summed E-state index contributed by atoms with van der Waals surface area (Å²) in [5.74, 6) is 0.529. The van der Waals surface area contributed by atoms with E-state index in [9.17, 15) is 5.11 Å². The van der Waals surface area contributed by atoms with Gasteiger partial charge in [0.2, 0.25) is 0 Å². The lowest BCUT2D eigenvalue weighted by Gasteiger charge is -2.01. The summed E-state index contributed by atoms with van der Waals surface area (Å²) in [6.07, 6.45) is 0.667. The molecule has 1 aliphatic carbocycles. The molecule has 1 unspecified atom stereocenters. The molecule has 1 aromatic carbocycles. The van der Waals surface area contributed by atoms with E-state index < -0.39 is 0 Å². The molecule has 58 valence electrons. The molecule has 11 heavy (non-hydrogen) atoms. The van der Waals surface area contributed by atoms with Gasteiger partial charge in [-0.15, -0.1) is 0 Å². The molecule has 2 atom stereocenters. The summed E-state index contributed by atoms with van der Waals surface area (Å²) in [6.45, 7) is 2.16. The van der Waals surface area contributed by atoms with Gasteiger partial charge in [0.25, 0.3) is 0 Å². The maximum atomic E-state index is 9.55. The summed E-state index contributed by atoms with van der Waals surface area (Å²) in [5, 5.41) is 9.55. The SMILES string of the molecule is C[C@H]1CC(O)c2ccccc21. The van der Waals surface area contributed by atoms with Gasteiger partial charge >= 0.3 is 0 Å². The number of hydrogen-bond acceptors (Lipinski definition) is 1. The zero-order valence-electron chi connectivity index (χ0n) is 6.62. The lowest BCUT2D eigenvalue weighted by atomic mass is 10.0. The van der Waals surface area contributed by atoms with Crippen molar-refractivity contribution >= 4 is 0 Å². The first-order valence-electron chi connectivity index (χ1n) is 4.06. The van der Waals surface area contributed by atoms with E-state index in [1.165, 1.54) is 5.56 Å². The Balaban J connectivity index is 2.52. The van der Waals surface area contributed by atoms with Crippen LogP contribution in [0.15, 0.2) is 24.3 Å². The molecular weight excluding hydrogens is 136 g/mol. The molecule has 1 N–H and O–H groups in total. The standard InChI is InChI=1S/C10H12O/c1-7-6-10(11)9-5-3-2-4-8(7)9/h2-5,7,10-11H,6H2,1H3/t7-,10?/m0/s1. The fourth-order valence-corrected chi connectivity index (χ4v) is 1.85. The summed E-state index contributed by atoms with van der Waals surface area (Å²) in [5.41, 5.74) is 2.44. The molecule has 1 aliphatic rings. The molecule has 1 heteroatoms. The Hall–Kier alpha value is -0.820. The van der Waals surface area contributed by atoms with Crippen molar-refractivity contribution in [3.63, 3.8) is 0 Å². The van der Waals surface area contributed by atoms with Crippen LogP contribution in [0.1, 0.15) is 36.5 Å². The summed E-state index contributed by atoms with van der Waals surface area (Å²) < 4.78 is 0. The van der Waals surface area contributed by atoms with E-state index in [4.69, 9.17) is 0 Å². The number of benzene rings is 1. The van der Waals surface area contributed by atoms with Gasteiger partial charge in [0.05, 0.1) is 6.10 Å². The van der Waals surface area contributed by atoms with Crippen LogP contribution in [0.2, 0.25) is 0 Å². The number of fused-ring (bicyclic) bond motifs is 1. The van der Waals surface area contributed by atoms with Crippen LogP contribution in [0, 0.1) is 0 Å². The maximum Gasteiger partial charge on any atom is 0.0798 e. The molecule has 1 aromatic rings. The molecule has 0 saturated heterocycles. The van der Waals surface area contributed by atoms with Crippen LogP contribution in [0.5, 0.6) is 0 Å². The van der Waals surface area contributed by atoms with Gasteiger partial charge in [0.1, 0.15) is 0 Å². The van der Waals surface area contributed by atoms with Crippen LogP contribution >= 0.6 is 0 Å². The summed E-state index contributed by atoms with van der Waals surface area (Å²) in [4.78, 5) is 0. The Morgan fingerprint density at radius 3 is 2.55 bits per heavy atom. The third-order valence-corrected chi connectivity index (χ3v) is 2.46. The number of hydrogen-bond donors (Lipinski definition) is 1. The predicted octanol–water partition coefficient (Wildman–Crippen LogP) is 2.23. The molecule has 2 rings (SSSR count). The van der Waals surface area contributed by atoms with E-state index in [2.05, 4.69) is 13.0 Å².